The number of rotatable bonds is 4. The Morgan fingerprint density at radius 3 is 3.14 bits per heavy atom. The van der Waals surface area contributed by atoms with Crippen molar-refractivity contribution in [1.82, 2.24) is 29.5 Å². The standard InChI is InChI=1S/C15H19N7/c1-20-5-3-14(19-20)21-6-2-12(11-21)17-8-13-9-18-15-10-16-4-7-22(13)15/h3-5,7,9-10,12,17H,2,6,8,11H2,1H3. The number of nitrogens with one attached hydrogen (secondary N) is 1. The number of fused-ring (bicyclic) bond motifs is 1. The maximum Gasteiger partial charge on any atom is 0.155 e. The summed E-state index contributed by atoms with van der Waals surface area (Å²) in [6.07, 6.45) is 10.6. The Kier molecular flexibility index (Phi) is 3.27. The second-order valence-electron chi connectivity index (χ2n) is 5.71. The van der Waals surface area contributed by atoms with Gasteiger partial charge >= 0.3 is 0 Å². The Hall–Kier alpha value is -2.41. The second-order valence-corrected chi connectivity index (χ2v) is 5.71. The Morgan fingerprint density at radius 1 is 1.32 bits per heavy atom. The quantitative estimate of drug-likeness (QED) is 0.773. The van der Waals surface area contributed by atoms with Gasteiger partial charge in [-0.1, -0.05) is 0 Å². The van der Waals surface area contributed by atoms with Gasteiger partial charge in [-0.2, -0.15) is 5.10 Å². The zero-order chi connectivity index (χ0) is 14.9. The molecule has 3 aromatic rings. The maximum atomic E-state index is 4.47. The van der Waals surface area contributed by atoms with Gasteiger partial charge < -0.3 is 10.2 Å². The molecular formula is C15H19N7. The molecule has 22 heavy (non-hydrogen) atoms. The average Bonchev–Trinajstić information content (AvgIpc) is 3.24. The van der Waals surface area contributed by atoms with E-state index in [1.165, 1.54) is 0 Å². The molecule has 1 atom stereocenters. The van der Waals surface area contributed by atoms with Crippen molar-refractivity contribution in [3.8, 4) is 0 Å². The van der Waals surface area contributed by atoms with E-state index in [2.05, 4.69) is 35.8 Å². The molecule has 4 rings (SSSR count). The molecule has 1 saturated heterocycles. The van der Waals surface area contributed by atoms with E-state index in [-0.39, 0.29) is 0 Å². The number of aromatic nitrogens is 5. The van der Waals surface area contributed by atoms with Gasteiger partial charge in [-0.15, -0.1) is 0 Å². The van der Waals surface area contributed by atoms with Crippen molar-refractivity contribution in [2.45, 2.75) is 19.0 Å². The van der Waals surface area contributed by atoms with Gasteiger partial charge in [-0.3, -0.25) is 14.1 Å². The molecule has 4 heterocycles. The predicted molar refractivity (Wildman–Crippen MR) is 83.7 cm³/mol. The highest BCUT2D eigenvalue weighted by molar-refractivity contribution is 5.39. The summed E-state index contributed by atoms with van der Waals surface area (Å²) in [6, 6.07) is 2.55. The van der Waals surface area contributed by atoms with Gasteiger partial charge in [-0.05, 0) is 6.42 Å². The van der Waals surface area contributed by atoms with E-state index < -0.39 is 0 Å². The van der Waals surface area contributed by atoms with Gasteiger partial charge in [0.25, 0.3) is 0 Å². The van der Waals surface area contributed by atoms with Gasteiger partial charge in [0.05, 0.1) is 18.1 Å². The topological polar surface area (TPSA) is 63.3 Å². The van der Waals surface area contributed by atoms with Crippen molar-refractivity contribution in [3.63, 3.8) is 0 Å². The summed E-state index contributed by atoms with van der Waals surface area (Å²) in [6.45, 7) is 2.85. The lowest BCUT2D eigenvalue weighted by Gasteiger charge is -2.16. The summed E-state index contributed by atoms with van der Waals surface area (Å²) in [7, 11) is 1.95. The number of hydrogen-bond donors (Lipinski definition) is 1. The van der Waals surface area contributed by atoms with Gasteiger partial charge in [-0.25, -0.2) is 4.98 Å². The molecule has 0 saturated carbocycles. The SMILES string of the molecule is Cn1ccc(N2CCC(NCc3cnc4cnccn34)C2)n1. The van der Waals surface area contributed by atoms with Crippen LogP contribution >= 0.6 is 0 Å². The summed E-state index contributed by atoms with van der Waals surface area (Å²) in [5.41, 5.74) is 2.05. The molecule has 0 spiro atoms. The lowest BCUT2D eigenvalue weighted by Crippen LogP contribution is -2.32. The van der Waals surface area contributed by atoms with Crippen LogP contribution in [0.25, 0.3) is 5.65 Å². The van der Waals surface area contributed by atoms with Crippen LogP contribution in [0.4, 0.5) is 5.82 Å². The molecule has 1 aliphatic heterocycles. The molecule has 0 amide bonds. The summed E-state index contributed by atoms with van der Waals surface area (Å²) in [5, 5.41) is 8.10. The van der Waals surface area contributed by atoms with Crippen LogP contribution in [0, 0.1) is 0 Å². The van der Waals surface area contributed by atoms with Gasteiger partial charge in [0.2, 0.25) is 0 Å². The highest BCUT2D eigenvalue weighted by Crippen LogP contribution is 2.18. The highest BCUT2D eigenvalue weighted by atomic mass is 15.3. The molecule has 0 radical (unpaired) electrons. The van der Waals surface area contributed by atoms with E-state index in [4.69, 9.17) is 0 Å². The Labute approximate surface area is 128 Å². The minimum Gasteiger partial charge on any atom is -0.354 e. The van der Waals surface area contributed by atoms with Crippen molar-refractivity contribution in [1.29, 1.82) is 0 Å². The fourth-order valence-electron chi connectivity index (χ4n) is 2.98. The molecule has 3 aromatic heterocycles. The normalized spacial score (nSPS) is 18.4. The monoisotopic (exact) mass is 297 g/mol. The first-order valence-electron chi connectivity index (χ1n) is 7.53. The van der Waals surface area contributed by atoms with Crippen LogP contribution < -0.4 is 10.2 Å². The van der Waals surface area contributed by atoms with E-state index >= 15 is 0 Å². The first-order chi connectivity index (χ1) is 10.8. The molecular weight excluding hydrogens is 278 g/mol. The van der Waals surface area contributed by atoms with Crippen LogP contribution in [0.3, 0.4) is 0 Å². The largest absolute Gasteiger partial charge is 0.354 e. The fourth-order valence-corrected chi connectivity index (χ4v) is 2.98. The number of aryl methyl sites for hydroxylation is 1. The summed E-state index contributed by atoms with van der Waals surface area (Å²) in [4.78, 5) is 10.8. The second kappa shape index (κ2) is 5.42. The van der Waals surface area contributed by atoms with Crippen LogP contribution in [0.1, 0.15) is 12.1 Å². The van der Waals surface area contributed by atoms with Crippen LogP contribution in [0.15, 0.2) is 37.1 Å². The minimum atomic E-state index is 0.481. The molecule has 1 unspecified atom stereocenters. The summed E-state index contributed by atoms with van der Waals surface area (Å²) >= 11 is 0. The van der Waals surface area contributed by atoms with Gasteiger partial charge in [0, 0.05) is 57.4 Å². The zero-order valence-electron chi connectivity index (χ0n) is 12.6. The van der Waals surface area contributed by atoms with Crippen molar-refractivity contribution in [2.75, 3.05) is 18.0 Å². The van der Waals surface area contributed by atoms with Crippen molar-refractivity contribution in [2.24, 2.45) is 7.05 Å². The first-order valence-corrected chi connectivity index (χ1v) is 7.53. The Morgan fingerprint density at radius 2 is 2.27 bits per heavy atom. The third-order valence-corrected chi connectivity index (χ3v) is 4.18. The molecule has 1 fully saturated rings. The number of anilines is 1. The maximum absolute atomic E-state index is 4.47. The highest BCUT2D eigenvalue weighted by Gasteiger charge is 2.23. The van der Waals surface area contributed by atoms with Crippen LogP contribution in [0.2, 0.25) is 0 Å². The molecule has 114 valence electrons. The first kappa shape index (κ1) is 13.3. The number of nitrogens with zero attached hydrogens (tertiary/aromatic N) is 6. The van der Waals surface area contributed by atoms with Crippen molar-refractivity contribution in [3.05, 3.63) is 42.7 Å². The lowest BCUT2D eigenvalue weighted by atomic mass is 10.2. The van der Waals surface area contributed by atoms with Crippen LogP contribution in [-0.4, -0.2) is 43.3 Å². The fraction of sp³-hybridized carbons (Fsp3) is 0.400. The van der Waals surface area contributed by atoms with E-state index in [9.17, 15) is 0 Å². The van der Waals surface area contributed by atoms with Gasteiger partial charge in [0.15, 0.2) is 11.5 Å². The lowest BCUT2D eigenvalue weighted by molar-refractivity contribution is 0.544. The Balaban J connectivity index is 1.39. The van der Waals surface area contributed by atoms with Gasteiger partial charge in [0.1, 0.15) is 0 Å². The average molecular weight is 297 g/mol. The third kappa shape index (κ3) is 2.43. The smallest absolute Gasteiger partial charge is 0.155 e. The third-order valence-electron chi connectivity index (χ3n) is 4.18. The van der Waals surface area contributed by atoms with E-state index in [0.717, 1.165) is 43.2 Å². The van der Waals surface area contributed by atoms with E-state index in [1.807, 2.05) is 30.3 Å². The molecule has 7 nitrogen and oxygen atoms in total. The summed E-state index contributed by atoms with van der Waals surface area (Å²) < 4.78 is 3.92. The van der Waals surface area contributed by atoms with Crippen LogP contribution in [-0.2, 0) is 13.6 Å². The van der Waals surface area contributed by atoms with Crippen molar-refractivity contribution >= 4 is 11.5 Å². The van der Waals surface area contributed by atoms with E-state index in [1.54, 1.807) is 12.4 Å². The zero-order valence-corrected chi connectivity index (χ0v) is 12.6. The molecule has 7 heteroatoms. The molecule has 1 aliphatic rings. The molecule has 0 aliphatic carbocycles. The predicted octanol–water partition coefficient (Wildman–Crippen LogP) is 0.831. The minimum absolute atomic E-state index is 0.481. The van der Waals surface area contributed by atoms with Crippen molar-refractivity contribution < 1.29 is 0 Å². The van der Waals surface area contributed by atoms with E-state index in [0.29, 0.717) is 6.04 Å². The molecule has 0 aromatic carbocycles. The number of hydrogen-bond acceptors (Lipinski definition) is 5. The Bertz CT molecular complexity index is 775. The molecule has 1 N–H and O–H groups in total. The number of imidazole rings is 1. The molecule has 0 bridgehead atoms. The summed E-state index contributed by atoms with van der Waals surface area (Å²) in [5.74, 6) is 1.06. The van der Waals surface area contributed by atoms with Crippen LogP contribution in [0.5, 0.6) is 0 Å².